The van der Waals surface area contributed by atoms with Crippen molar-refractivity contribution in [2.45, 2.75) is 13.8 Å². The molecule has 0 bridgehead atoms. The second-order valence-corrected chi connectivity index (χ2v) is 3.17. The van der Waals surface area contributed by atoms with Crippen LogP contribution in [-0.2, 0) is 0 Å². The van der Waals surface area contributed by atoms with Gasteiger partial charge in [-0.05, 0) is 38.1 Å². The molecule has 0 aromatic heterocycles. The van der Waals surface area contributed by atoms with Crippen LogP contribution in [0.1, 0.15) is 13.8 Å². The van der Waals surface area contributed by atoms with Gasteiger partial charge < -0.3 is 10.6 Å². The smallest absolute Gasteiger partial charge is 0.0999 e. The zero-order chi connectivity index (χ0) is 10.6. The van der Waals surface area contributed by atoms with E-state index in [0.717, 1.165) is 23.8 Å². The van der Waals surface area contributed by atoms with Gasteiger partial charge in [-0.1, -0.05) is 0 Å². The van der Waals surface area contributed by atoms with Crippen molar-refractivity contribution >= 4 is 17.2 Å². The van der Waals surface area contributed by atoms with E-state index >= 15 is 0 Å². The Labute approximate surface area is 85.3 Å². The highest BCUT2D eigenvalue weighted by Gasteiger charge is 2.02. The predicted molar refractivity (Wildman–Crippen MR) is 62.9 cm³/mol. The molecule has 0 aliphatic rings. The van der Waals surface area contributed by atoms with Crippen molar-refractivity contribution in [2.75, 3.05) is 24.2 Å². The fourth-order valence-electron chi connectivity index (χ4n) is 1.22. The van der Waals surface area contributed by atoms with Crippen LogP contribution in [0, 0.1) is 0 Å². The Kier molecular flexibility index (Phi) is 3.51. The fourth-order valence-corrected chi connectivity index (χ4v) is 1.22. The molecule has 0 unspecified atom stereocenters. The Bertz CT molecular complexity index is 314. The van der Waals surface area contributed by atoms with Crippen molar-refractivity contribution in [3.8, 4) is 0 Å². The van der Waals surface area contributed by atoms with Crippen molar-refractivity contribution in [3.05, 3.63) is 24.3 Å². The third-order valence-electron chi connectivity index (χ3n) is 2.15. The lowest BCUT2D eigenvalue weighted by molar-refractivity contribution is 1.09. The summed E-state index contributed by atoms with van der Waals surface area (Å²) in [7, 11) is 2.00. The normalized spacial score (nSPS) is 11.5. The van der Waals surface area contributed by atoms with E-state index < -0.39 is 0 Å². The summed E-state index contributed by atoms with van der Waals surface area (Å²) in [6.07, 6.45) is 0. The van der Waals surface area contributed by atoms with E-state index in [0.29, 0.717) is 0 Å². The van der Waals surface area contributed by atoms with Crippen molar-refractivity contribution in [1.82, 2.24) is 0 Å². The topological polar surface area (TPSA) is 41.6 Å². The Morgan fingerprint density at radius 3 is 2.43 bits per heavy atom. The molecule has 14 heavy (non-hydrogen) atoms. The molecule has 0 aliphatic heterocycles. The van der Waals surface area contributed by atoms with Gasteiger partial charge in [0.15, 0.2) is 0 Å². The van der Waals surface area contributed by atoms with E-state index in [1.807, 2.05) is 50.1 Å². The van der Waals surface area contributed by atoms with Crippen LogP contribution in [0.4, 0.5) is 11.4 Å². The Morgan fingerprint density at radius 1 is 1.36 bits per heavy atom. The first kappa shape index (κ1) is 10.6. The first-order valence-corrected chi connectivity index (χ1v) is 4.75. The second-order valence-electron chi connectivity index (χ2n) is 3.17. The molecule has 0 atom stereocenters. The van der Waals surface area contributed by atoms with Crippen LogP contribution in [0.15, 0.2) is 29.3 Å². The van der Waals surface area contributed by atoms with Gasteiger partial charge in [0, 0.05) is 25.0 Å². The zero-order valence-electron chi connectivity index (χ0n) is 8.99. The molecule has 0 saturated heterocycles. The van der Waals surface area contributed by atoms with Crippen LogP contribution in [0.2, 0.25) is 0 Å². The lowest BCUT2D eigenvalue weighted by Crippen LogP contribution is -2.23. The highest BCUT2D eigenvalue weighted by Crippen LogP contribution is 2.14. The summed E-state index contributed by atoms with van der Waals surface area (Å²) in [5.41, 5.74) is 7.50. The number of nitrogens with zero attached hydrogens (tertiary/aromatic N) is 2. The number of aliphatic imine (C=N–C) groups is 1. The molecule has 0 fully saturated rings. The van der Waals surface area contributed by atoms with Gasteiger partial charge in [-0.3, -0.25) is 4.99 Å². The molecule has 3 heteroatoms. The average Bonchev–Trinajstić information content (AvgIpc) is 2.18. The van der Waals surface area contributed by atoms with Crippen LogP contribution in [0.25, 0.3) is 0 Å². The lowest BCUT2D eigenvalue weighted by atomic mass is 10.2. The summed E-state index contributed by atoms with van der Waals surface area (Å²) >= 11 is 0. The van der Waals surface area contributed by atoms with Gasteiger partial charge in [0.1, 0.15) is 0 Å². The van der Waals surface area contributed by atoms with E-state index in [9.17, 15) is 0 Å². The maximum absolute atomic E-state index is 5.61. The minimum atomic E-state index is 0.784. The number of nitrogen functional groups attached to an aromatic ring is 1. The van der Waals surface area contributed by atoms with E-state index in [2.05, 4.69) is 4.99 Å². The third-order valence-corrected chi connectivity index (χ3v) is 2.15. The minimum Gasteiger partial charge on any atom is -0.399 e. The van der Waals surface area contributed by atoms with Gasteiger partial charge >= 0.3 is 0 Å². The largest absolute Gasteiger partial charge is 0.399 e. The molecule has 0 heterocycles. The van der Waals surface area contributed by atoms with Gasteiger partial charge in [-0.25, -0.2) is 0 Å². The van der Waals surface area contributed by atoms with Crippen molar-refractivity contribution in [2.24, 2.45) is 4.99 Å². The summed E-state index contributed by atoms with van der Waals surface area (Å²) < 4.78 is 0. The number of amidine groups is 1. The van der Waals surface area contributed by atoms with Crippen LogP contribution < -0.4 is 10.6 Å². The Morgan fingerprint density at radius 2 is 1.93 bits per heavy atom. The van der Waals surface area contributed by atoms with Crippen molar-refractivity contribution in [1.29, 1.82) is 0 Å². The van der Waals surface area contributed by atoms with E-state index in [4.69, 9.17) is 5.73 Å². The van der Waals surface area contributed by atoms with Gasteiger partial charge in [0.2, 0.25) is 0 Å². The van der Waals surface area contributed by atoms with Crippen LogP contribution in [0.5, 0.6) is 0 Å². The highest BCUT2D eigenvalue weighted by atomic mass is 15.2. The third kappa shape index (κ3) is 2.49. The number of rotatable bonds is 2. The average molecular weight is 191 g/mol. The summed E-state index contributed by atoms with van der Waals surface area (Å²) in [6, 6.07) is 7.77. The maximum Gasteiger partial charge on any atom is 0.0999 e. The van der Waals surface area contributed by atoms with Crippen LogP contribution in [0.3, 0.4) is 0 Å². The summed E-state index contributed by atoms with van der Waals surface area (Å²) in [5, 5.41) is 0. The summed E-state index contributed by atoms with van der Waals surface area (Å²) in [4.78, 5) is 6.38. The molecule has 1 aromatic carbocycles. The zero-order valence-corrected chi connectivity index (χ0v) is 8.99. The molecule has 0 aliphatic carbocycles. The number of hydrogen-bond acceptors (Lipinski definition) is 2. The molecule has 0 saturated carbocycles. The number of anilines is 2. The monoisotopic (exact) mass is 191 g/mol. The quantitative estimate of drug-likeness (QED) is 0.442. The van der Waals surface area contributed by atoms with E-state index in [1.165, 1.54) is 0 Å². The molecule has 3 nitrogen and oxygen atoms in total. The van der Waals surface area contributed by atoms with Gasteiger partial charge in [-0.15, -0.1) is 0 Å². The van der Waals surface area contributed by atoms with Crippen molar-refractivity contribution in [3.63, 3.8) is 0 Å². The van der Waals surface area contributed by atoms with E-state index in [-0.39, 0.29) is 0 Å². The number of nitrogens with two attached hydrogens (primary N) is 1. The van der Waals surface area contributed by atoms with Crippen LogP contribution >= 0.6 is 0 Å². The molecule has 1 aromatic rings. The molecule has 2 N–H and O–H groups in total. The number of benzene rings is 1. The summed E-state index contributed by atoms with van der Waals surface area (Å²) in [5.74, 6) is 1.01. The fraction of sp³-hybridized carbons (Fsp3) is 0.364. The first-order valence-electron chi connectivity index (χ1n) is 4.75. The highest BCUT2D eigenvalue weighted by molar-refractivity contribution is 5.95. The standard InChI is InChI=1S/C11H17N3/c1-4-13-9(2)14(3)11-7-5-10(12)6-8-11/h5-8H,4,12H2,1-3H3. The lowest BCUT2D eigenvalue weighted by Gasteiger charge is -2.18. The first-order chi connectivity index (χ1) is 6.65. The molecule has 0 radical (unpaired) electrons. The molecular weight excluding hydrogens is 174 g/mol. The molecular formula is C11H17N3. The van der Waals surface area contributed by atoms with E-state index in [1.54, 1.807) is 0 Å². The SMILES string of the molecule is CCN=C(C)N(C)c1ccc(N)cc1. The number of hydrogen-bond donors (Lipinski definition) is 1. The molecule has 1 rings (SSSR count). The van der Waals surface area contributed by atoms with Gasteiger partial charge in [0.05, 0.1) is 5.84 Å². The summed E-state index contributed by atoms with van der Waals surface area (Å²) in [6.45, 7) is 4.84. The Hall–Kier alpha value is -1.51. The molecule has 0 amide bonds. The molecule has 76 valence electrons. The molecule has 0 spiro atoms. The second kappa shape index (κ2) is 4.65. The van der Waals surface area contributed by atoms with Gasteiger partial charge in [-0.2, -0.15) is 0 Å². The maximum atomic E-state index is 5.61. The van der Waals surface area contributed by atoms with Crippen molar-refractivity contribution < 1.29 is 0 Å². The van der Waals surface area contributed by atoms with Gasteiger partial charge in [0.25, 0.3) is 0 Å². The minimum absolute atomic E-state index is 0.784. The predicted octanol–water partition coefficient (Wildman–Crippen LogP) is 2.14. The Balaban J connectivity index is 2.84. The van der Waals surface area contributed by atoms with Crippen LogP contribution in [-0.4, -0.2) is 19.4 Å².